The molecule has 0 bridgehead atoms. The van der Waals surface area contributed by atoms with Gasteiger partial charge < -0.3 is 19.7 Å². The van der Waals surface area contributed by atoms with Crippen LogP contribution in [0.5, 0.6) is 23.0 Å². The number of benzene rings is 4. The summed E-state index contributed by atoms with van der Waals surface area (Å²) in [5, 5.41) is 18.2. The first kappa shape index (κ1) is 24.8. The summed E-state index contributed by atoms with van der Waals surface area (Å²) in [5.41, 5.74) is 0.820. The Morgan fingerprint density at radius 3 is 1.17 bits per heavy atom. The molecule has 0 aliphatic rings. The van der Waals surface area contributed by atoms with Crippen LogP contribution in [0.2, 0.25) is 10.0 Å². The summed E-state index contributed by atoms with van der Waals surface area (Å²) in [6.07, 6.45) is 0. The number of aromatic carboxylic acids is 2. The van der Waals surface area contributed by atoms with E-state index in [0.29, 0.717) is 34.1 Å². The standard InChI is InChI=1S/C27H16Cl2O7/c28-23-13-19(9-11-21(23)26(31)32)35-17-5-1-15(2-6-17)25(30)16-3-7-18(8-4-16)36-20-10-12-22(27(33)34)24(29)14-20/h1-14H,(H,31,32)(H,33,34). The molecule has 36 heavy (non-hydrogen) atoms. The van der Waals surface area contributed by atoms with Crippen LogP contribution in [0, 0.1) is 0 Å². The van der Waals surface area contributed by atoms with Crippen LogP contribution in [0.15, 0.2) is 84.9 Å². The molecule has 4 rings (SSSR count). The Hall–Kier alpha value is -4.33. The van der Waals surface area contributed by atoms with Crippen LogP contribution in [0.1, 0.15) is 36.6 Å². The third-order valence-corrected chi connectivity index (χ3v) is 5.67. The van der Waals surface area contributed by atoms with E-state index in [1.807, 2.05) is 0 Å². The highest BCUT2D eigenvalue weighted by Crippen LogP contribution is 2.29. The third-order valence-electron chi connectivity index (χ3n) is 5.05. The predicted octanol–water partition coefficient (Wildman–Crippen LogP) is 7.21. The molecule has 0 aromatic heterocycles. The van der Waals surface area contributed by atoms with Crippen molar-refractivity contribution in [2.24, 2.45) is 0 Å². The fourth-order valence-electron chi connectivity index (χ4n) is 3.25. The zero-order valence-corrected chi connectivity index (χ0v) is 19.8. The Morgan fingerprint density at radius 2 is 0.861 bits per heavy atom. The van der Waals surface area contributed by atoms with Crippen LogP contribution in [0.4, 0.5) is 0 Å². The van der Waals surface area contributed by atoms with Gasteiger partial charge in [-0.15, -0.1) is 0 Å². The molecule has 4 aromatic carbocycles. The fourth-order valence-corrected chi connectivity index (χ4v) is 3.76. The zero-order chi connectivity index (χ0) is 25.8. The monoisotopic (exact) mass is 522 g/mol. The van der Waals surface area contributed by atoms with Gasteiger partial charge in [0.15, 0.2) is 5.78 Å². The van der Waals surface area contributed by atoms with Gasteiger partial charge in [-0.3, -0.25) is 4.79 Å². The molecule has 0 fully saturated rings. The lowest BCUT2D eigenvalue weighted by atomic mass is 10.0. The number of hydrogen-bond donors (Lipinski definition) is 2. The molecule has 9 heteroatoms. The second-order valence-electron chi connectivity index (χ2n) is 7.48. The summed E-state index contributed by atoms with van der Waals surface area (Å²) in [4.78, 5) is 35.0. The van der Waals surface area contributed by atoms with E-state index in [-0.39, 0.29) is 27.0 Å². The summed E-state index contributed by atoms with van der Waals surface area (Å²) in [5.74, 6) is -0.863. The first-order chi connectivity index (χ1) is 17.2. The van der Waals surface area contributed by atoms with Crippen molar-refractivity contribution in [2.45, 2.75) is 0 Å². The number of rotatable bonds is 8. The summed E-state index contributed by atoms with van der Waals surface area (Å²) < 4.78 is 11.4. The molecule has 0 unspecified atom stereocenters. The first-order valence-electron chi connectivity index (χ1n) is 10.4. The summed E-state index contributed by atoms with van der Waals surface area (Å²) in [6.45, 7) is 0. The number of carbonyl (C=O) groups excluding carboxylic acids is 1. The molecular formula is C27H16Cl2O7. The first-order valence-corrected chi connectivity index (χ1v) is 11.1. The molecule has 0 saturated heterocycles. The smallest absolute Gasteiger partial charge is 0.337 e. The quantitative estimate of drug-likeness (QED) is 0.235. The van der Waals surface area contributed by atoms with Gasteiger partial charge >= 0.3 is 11.9 Å². The minimum Gasteiger partial charge on any atom is -0.478 e. The van der Waals surface area contributed by atoms with Crippen LogP contribution < -0.4 is 9.47 Å². The van der Waals surface area contributed by atoms with Crippen molar-refractivity contribution in [1.29, 1.82) is 0 Å². The van der Waals surface area contributed by atoms with Gasteiger partial charge in [0.25, 0.3) is 0 Å². The number of carbonyl (C=O) groups is 3. The van der Waals surface area contributed by atoms with E-state index in [4.69, 9.17) is 42.9 Å². The van der Waals surface area contributed by atoms with Crippen molar-refractivity contribution in [1.82, 2.24) is 0 Å². The lowest BCUT2D eigenvalue weighted by molar-refractivity contribution is 0.0686. The zero-order valence-electron chi connectivity index (χ0n) is 18.3. The van der Waals surface area contributed by atoms with Crippen LogP contribution in [-0.2, 0) is 0 Å². The van der Waals surface area contributed by atoms with E-state index in [0.717, 1.165) is 0 Å². The van der Waals surface area contributed by atoms with Crippen molar-refractivity contribution < 1.29 is 34.1 Å². The number of halogens is 2. The topological polar surface area (TPSA) is 110 Å². The number of ketones is 1. The van der Waals surface area contributed by atoms with Gasteiger partial charge in [-0.1, -0.05) is 23.2 Å². The molecule has 7 nitrogen and oxygen atoms in total. The molecule has 0 aliphatic heterocycles. The molecule has 0 atom stereocenters. The van der Waals surface area contributed by atoms with E-state index < -0.39 is 11.9 Å². The molecule has 0 amide bonds. The Bertz CT molecular complexity index is 1350. The molecule has 0 heterocycles. The van der Waals surface area contributed by atoms with Crippen molar-refractivity contribution in [3.63, 3.8) is 0 Å². The highest BCUT2D eigenvalue weighted by molar-refractivity contribution is 6.34. The summed E-state index contributed by atoms with van der Waals surface area (Å²) in [6, 6.07) is 21.4. The number of carboxylic acid groups (broad SMARTS) is 2. The second kappa shape index (κ2) is 10.5. The largest absolute Gasteiger partial charge is 0.478 e. The maximum Gasteiger partial charge on any atom is 0.337 e. The van der Waals surface area contributed by atoms with Crippen LogP contribution in [-0.4, -0.2) is 27.9 Å². The lowest BCUT2D eigenvalue weighted by Gasteiger charge is -2.09. The van der Waals surface area contributed by atoms with Crippen molar-refractivity contribution in [2.75, 3.05) is 0 Å². The van der Waals surface area contributed by atoms with Gasteiger partial charge in [0.1, 0.15) is 23.0 Å². The molecule has 2 N–H and O–H groups in total. The van der Waals surface area contributed by atoms with Gasteiger partial charge in [-0.05, 0) is 72.8 Å². The lowest BCUT2D eigenvalue weighted by Crippen LogP contribution is -2.01. The van der Waals surface area contributed by atoms with E-state index in [2.05, 4.69) is 0 Å². The number of ether oxygens (including phenoxy) is 2. The number of carboxylic acids is 2. The molecule has 0 aliphatic carbocycles. The Kier molecular flexibility index (Phi) is 7.24. The molecule has 180 valence electrons. The van der Waals surface area contributed by atoms with Crippen molar-refractivity contribution >= 4 is 40.9 Å². The summed E-state index contributed by atoms with van der Waals surface area (Å²) >= 11 is 11.9. The highest BCUT2D eigenvalue weighted by atomic mass is 35.5. The average molecular weight is 523 g/mol. The summed E-state index contributed by atoms with van der Waals surface area (Å²) in [7, 11) is 0. The van der Waals surface area contributed by atoms with Crippen LogP contribution >= 0.6 is 23.2 Å². The minimum absolute atomic E-state index is 0.0266. The molecule has 0 saturated carbocycles. The maximum absolute atomic E-state index is 12.8. The maximum atomic E-state index is 12.8. The van der Waals surface area contributed by atoms with Crippen LogP contribution in [0.25, 0.3) is 0 Å². The number of hydrogen-bond acceptors (Lipinski definition) is 5. The van der Waals surface area contributed by atoms with Gasteiger partial charge in [0.2, 0.25) is 0 Å². The van der Waals surface area contributed by atoms with Crippen molar-refractivity contribution in [3.05, 3.63) is 117 Å². The predicted molar refractivity (Wildman–Crippen MR) is 133 cm³/mol. The normalized spacial score (nSPS) is 10.5. The van der Waals surface area contributed by atoms with E-state index >= 15 is 0 Å². The minimum atomic E-state index is -1.13. The van der Waals surface area contributed by atoms with E-state index in [9.17, 15) is 14.4 Å². The Labute approximate surface area is 215 Å². The van der Waals surface area contributed by atoms with Gasteiger partial charge in [-0.2, -0.15) is 0 Å². The van der Waals surface area contributed by atoms with Crippen molar-refractivity contribution in [3.8, 4) is 23.0 Å². The fraction of sp³-hybridized carbons (Fsp3) is 0. The molecule has 0 spiro atoms. The van der Waals surface area contributed by atoms with Gasteiger partial charge in [0, 0.05) is 23.3 Å². The Morgan fingerprint density at radius 1 is 0.528 bits per heavy atom. The second-order valence-corrected chi connectivity index (χ2v) is 8.29. The SMILES string of the molecule is O=C(c1ccc(Oc2ccc(C(=O)O)c(Cl)c2)cc1)c1ccc(Oc2ccc(C(=O)O)c(Cl)c2)cc1. The van der Waals surface area contributed by atoms with E-state index in [1.165, 1.54) is 36.4 Å². The van der Waals surface area contributed by atoms with Crippen LogP contribution in [0.3, 0.4) is 0 Å². The molecular weight excluding hydrogens is 507 g/mol. The highest BCUT2D eigenvalue weighted by Gasteiger charge is 2.13. The molecule has 4 aromatic rings. The van der Waals surface area contributed by atoms with E-state index in [1.54, 1.807) is 48.5 Å². The Balaban J connectivity index is 1.42. The molecule has 0 radical (unpaired) electrons. The average Bonchev–Trinajstić information content (AvgIpc) is 2.84. The third kappa shape index (κ3) is 5.66. The van der Waals surface area contributed by atoms with Gasteiger partial charge in [0.05, 0.1) is 21.2 Å². The van der Waals surface area contributed by atoms with Gasteiger partial charge in [-0.25, -0.2) is 9.59 Å².